The summed E-state index contributed by atoms with van der Waals surface area (Å²) in [5.41, 5.74) is 2.22. The van der Waals surface area contributed by atoms with Gasteiger partial charge in [0.25, 0.3) is 0 Å². The van der Waals surface area contributed by atoms with Crippen molar-refractivity contribution in [3.63, 3.8) is 0 Å². The highest BCUT2D eigenvalue weighted by Crippen LogP contribution is 2.31. The molecular formula is C15H21N5O. The van der Waals surface area contributed by atoms with Crippen LogP contribution in [0.15, 0.2) is 24.9 Å². The fourth-order valence-corrected chi connectivity index (χ4v) is 3.01. The van der Waals surface area contributed by atoms with Crippen molar-refractivity contribution < 1.29 is 4.79 Å². The molecule has 1 saturated heterocycles. The molecular weight excluding hydrogens is 266 g/mol. The fraction of sp³-hybridized carbons (Fsp3) is 0.533. The summed E-state index contributed by atoms with van der Waals surface area (Å²) in [5, 5.41) is 7.17. The van der Waals surface area contributed by atoms with Crippen LogP contribution in [-0.2, 0) is 11.3 Å². The number of piperidine rings is 1. The number of rotatable bonds is 4. The summed E-state index contributed by atoms with van der Waals surface area (Å²) >= 11 is 0. The molecule has 0 aliphatic carbocycles. The highest BCUT2D eigenvalue weighted by molar-refractivity contribution is 5.76. The largest absolute Gasteiger partial charge is 0.337 e. The van der Waals surface area contributed by atoms with Gasteiger partial charge in [0.15, 0.2) is 0 Å². The van der Waals surface area contributed by atoms with Crippen molar-refractivity contribution in [2.24, 2.45) is 0 Å². The zero-order chi connectivity index (χ0) is 14.7. The summed E-state index contributed by atoms with van der Waals surface area (Å²) in [7, 11) is 0. The van der Waals surface area contributed by atoms with Gasteiger partial charge >= 0.3 is 0 Å². The molecule has 6 nitrogen and oxygen atoms in total. The van der Waals surface area contributed by atoms with Crippen LogP contribution < -0.4 is 0 Å². The summed E-state index contributed by atoms with van der Waals surface area (Å²) in [5.74, 6) is 0.211. The third-order valence-corrected chi connectivity index (χ3v) is 4.17. The van der Waals surface area contributed by atoms with E-state index < -0.39 is 0 Å². The average molecular weight is 287 g/mol. The van der Waals surface area contributed by atoms with E-state index in [4.69, 9.17) is 0 Å². The van der Waals surface area contributed by atoms with E-state index in [1.54, 1.807) is 12.5 Å². The van der Waals surface area contributed by atoms with Crippen molar-refractivity contribution in [2.45, 2.75) is 45.2 Å². The quantitative estimate of drug-likeness (QED) is 0.936. The van der Waals surface area contributed by atoms with Crippen LogP contribution in [-0.4, -0.2) is 37.1 Å². The Morgan fingerprint density at radius 1 is 1.48 bits per heavy atom. The lowest BCUT2D eigenvalue weighted by atomic mass is 9.97. The number of amides is 1. The van der Waals surface area contributed by atoms with Crippen molar-refractivity contribution in [2.75, 3.05) is 6.54 Å². The molecule has 1 amide bonds. The van der Waals surface area contributed by atoms with Gasteiger partial charge in [-0.2, -0.15) is 5.10 Å². The van der Waals surface area contributed by atoms with Crippen LogP contribution in [0, 0.1) is 6.92 Å². The van der Waals surface area contributed by atoms with E-state index in [2.05, 4.69) is 15.2 Å². The number of aromatic nitrogens is 4. The second kappa shape index (κ2) is 6.11. The highest BCUT2D eigenvalue weighted by atomic mass is 16.2. The summed E-state index contributed by atoms with van der Waals surface area (Å²) in [6, 6.07) is 0.150. The first-order valence-corrected chi connectivity index (χ1v) is 7.51. The number of imidazole rings is 1. The molecule has 1 aliphatic heterocycles. The van der Waals surface area contributed by atoms with Gasteiger partial charge in [-0.25, -0.2) is 4.98 Å². The van der Waals surface area contributed by atoms with Crippen molar-refractivity contribution in [3.8, 4) is 0 Å². The predicted molar refractivity (Wildman–Crippen MR) is 78.5 cm³/mol. The first kappa shape index (κ1) is 13.9. The second-order valence-corrected chi connectivity index (χ2v) is 5.62. The van der Waals surface area contributed by atoms with Gasteiger partial charge in [0.1, 0.15) is 0 Å². The van der Waals surface area contributed by atoms with Gasteiger partial charge < -0.3 is 9.47 Å². The molecule has 3 heterocycles. The van der Waals surface area contributed by atoms with Crippen LogP contribution in [0.25, 0.3) is 0 Å². The van der Waals surface area contributed by atoms with E-state index in [0.29, 0.717) is 13.0 Å². The summed E-state index contributed by atoms with van der Waals surface area (Å²) in [6.45, 7) is 3.57. The van der Waals surface area contributed by atoms with E-state index >= 15 is 0 Å². The lowest BCUT2D eigenvalue weighted by Crippen LogP contribution is -2.39. The van der Waals surface area contributed by atoms with Crippen LogP contribution in [0.4, 0.5) is 0 Å². The highest BCUT2D eigenvalue weighted by Gasteiger charge is 2.29. The van der Waals surface area contributed by atoms with Gasteiger partial charge in [-0.15, -0.1) is 0 Å². The minimum absolute atomic E-state index is 0.150. The van der Waals surface area contributed by atoms with Crippen LogP contribution in [0.2, 0.25) is 0 Å². The number of aryl methyl sites for hydroxylation is 2. The molecule has 1 atom stereocenters. The Morgan fingerprint density at radius 3 is 3.10 bits per heavy atom. The maximum absolute atomic E-state index is 12.6. The standard InChI is InChI=1S/C15H21N5O/c1-12-10-17-18-15(12)13-4-2-3-7-20(13)14(21)5-8-19-9-6-16-11-19/h6,9-11,13H,2-5,7-8H2,1H3,(H,17,18). The van der Waals surface area contributed by atoms with Gasteiger partial charge in [0.05, 0.1) is 24.3 Å². The number of hydrogen-bond acceptors (Lipinski definition) is 3. The van der Waals surface area contributed by atoms with Crippen LogP contribution in [0.3, 0.4) is 0 Å². The Morgan fingerprint density at radius 2 is 2.38 bits per heavy atom. The number of aromatic amines is 1. The molecule has 0 spiro atoms. The fourth-order valence-electron chi connectivity index (χ4n) is 3.01. The molecule has 2 aromatic rings. The lowest BCUT2D eigenvalue weighted by molar-refractivity contribution is -0.135. The first-order valence-electron chi connectivity index (χ1n) is 7.51. The molecule has 1 N–H and O–H groups in total. The molecule has 112 valence electrons. The molecule has 6 heteroatoms. The third kappa shape index (κ3) is 2.99. The molecule has 0 bridgehead atoms. The monoisotopic (exact) mass is 287 g/mol. The number of carbonyl (C=O) groups excluding carboxylic acids is 1. The number of H-pyrrole nitrogens is 1. The van der Waals surface area contributed by atoms with Crippen LogP contribution >= 0.6 is 0 Å². The number of hydrogen-bond donors (Lipinski definition) is 1. The summed E-state index contributed by atoms with van der Waals surface area (Å²) in [6.07, 6.45) is 11.0. The van der Waals surface area contributed by atoms with Crippen LogP contribution in [0.5, 0.6) is 0 Å². The topological polar surface area (TPSA) is 66.8 Å². The predicted octanol–water partition coefficient (Wildman–Crippen LogP) is 2.06. The molecule has 21 heavy (non-hydrogen) atoms. The van der Waals surface area contributed by atoms with E-state index in [1.807, 2.05) is 28.8 Å². The first-order chi connectivity index (χ1) is 10.3. The normalized spacial score (nSPS) is 18.9. The number of likely N-dealkylation sites (tertiary alicyclic amines) is 1. The van der Waals surface area contributed by atoms with Crippen molar-refractivity contribution in [3.05, 3.63) is 36.2 Å². The van der Waals surface area contributed by atoms with Gasteiger partial charge in [0, 0.05) is 31.9 Å². The van der Waals surface area contributed by atoms with Crippen molar-refractivity contribution in [1.82, 2.24) is 24.6 Å². The van der Waals surface area contributed by atoms with E-state index in [0.717, 1.165) is 37.1 Å². The third-order valence-electron chi connectivity index (χ3n) is 4.17. The minimum Gasteiger partial charge on any atom is -0.337 e. The van der Waals surface area contributed by atoms with E-state index in [1.165, 1.54) is 0 Å². The maximum atomic E-state index is 12.6. The lowest BCUT2D eigenvalue weighted by Gasteiger charge is -2.35. The molecule has 0 aromatic carbocycles. The minimum atomic E-state index is 0.150. The number of nitrogens with zero attached hydrogens (tertiary/aromatic N) is 4. The number of carbonyl (C=O) groups is 1. The van der Waals surface area contributed by atoms with Gasteiger partial charge in [-0.05, 0) is 31.7 Å². The molecule has 2 aromatic heterocycles. The molecule has 1 fully saturated rings. The van der Waals surface area contributed by atoms with E-state index in [-0.39, 0.29) is 11.9 Å². The molecule has 1 aliphatic rings. The van der Waals surface area contributed by atoms with Gasteiger partial charge in [-0.1, -0.05) is 0 Å². The molecule has 0 radical (unpaired) electrons. The maximum Gasteiger partial charge on any atom is 0.224 e. The Labute approximate surface area is 124 Å². The van der Waals surface area contributed by atoms with E-state index in [9.17, 15) is 4.79 Å². The zero-order valence-corrected chi connectivity index (χ0v) is 12.3. The SMILES string of the molecule is Cc1cn[nH]c1C1CCCCN1C(=O)CCn1ccnc1. The molecule has 0 saturated carbocycles. The second-order valence-electron chi connectivity index (χ2n) is 5.62. The Hall–Kier alpha value is -2.11. The zero-order valence-electron chi connectivity index (χ0n) is 12.3. The average Bonchev–Trinajstić information content (AvgIpc) is 3.16. The molecule has 3 rings (SSSR count). The Bertz CT molecular complexity index is 589. The Balaban J connectivity index is 1.69. The van der Waals surface area contributed by atoms with Crippen molar-refractivity contribution in [1.29, 1.82) is 0 Å². The smallest absolute Gasteiger partial charge is 0.224 e. The summed E-state index contributed by atoms with van der Waals surface area (Å²) in [4.78, 5) is 18.6. The summed E-state index contributed by atoms with van der Waals surface area (Å²) < 4.78 is 1.94. The molecule has 1 unspecified atom stereocenters. The van der Waals surface area contributed by atoms with Crippen LogP contribution in [0.1, 0.15) is 43.0 Å². The Kier molecular flexibility index (Phi) is 4.03. The number of nitrogens with one attached hydrogen (secondary N) is 1. The van der Waals surface area contributed by atoms with Crippen molar-refractivity contribution >= 4 is 5.91 Å². The van der Waals surface area contributed by atoms with Gasteiger partial charge in [-0.3, -0.25) is 9.89 Å². The van der Waals surface area contributed by atoms with Gasteiger partial charge in [0.2, 0.25) is 5.91 Å².